The summed E-state index contributed by atoms with van der Waals surface area (Å²) in [6.45, 7) is 6.81. The van der Waals surface area contributed by atoms with Crippen molar-refractivity contribution in [2.24, 2.45) is 0 Å². The van der Waals surface area contributed by atoms with Crippen LogP contribution in [0.5, 0.6) is 0 Å². The molecule has 0 bridgehead atoms. The Hall–Kier alpha value is -2.38. The second-order valence-corrected chi connectivity index (χ2v) is 9.49. The zero-order chi connectivity index (χ0) is 21.5. The van der Waals surface area contributed by atoms with Gasteiger partial charge in [0.2, 0.25) is 0 Å². The van der Waals surface area contributed by atoms with Crippen molar-refractivity contribution in [2.75, 3.05) is 38.0 Å². The van der Waals surface area contributed by atoms with Crippen LogP contribution in [-0.4, -0.2) is 59.3 Å². The molecule has 0 aliphatic carbocycles. The Labute approximate surface area is 190 Å². The first-order valence-electron chi connectivity index (χ1n) is 11.1. The second kappa shape index (κ2) is 8.28. The van der Waals surface area contributed by atoms with Gasteiger partial charge in [0.25, 0.3) is 11.8 Å². The third kappa shape index (κ3) is 3.74. The number of hydrogen-bond acceptors (Lipinski definition) is 3. The summed E-state index contributed by atoms with van der Waals surface area (Å²) in [5.74, 6) is -0.00721. The van der Waals surface area contributed by atoms with Crippen LogP contribution >= 0.6 is 15.9 Å². The number of amides is 2. The van der Waals surface area contributed by atoms with E-state index >= 15 is 0 Å². The first-order valence-corrected chi connectivity index (χ1v) is 11.9. The Morgan fingerprint density at radius 3 is 2.68 bits per heavy atom. The molecule has 7 heteroatoms. The maximum absolute atomic E-state index is 13.4. The fourth-order valence-corrected chi connectivity index (χ4v) is 5.56. The van der Waals surface area contributed by atoms with Gasteiger partial charge in [-0.1, -0.05) is 22.0 Å². The zero-order valence-corrected chi connectivity index (χ0v) is 19.3. The van der Waals surface area contributed by atoms with Crippen LogP contribution in [0.1, 0.15) is 52.1 Å². The number of aromatic amines is 1. The largest absolute Gasteiger partial charge is 0.358 e. The van der Waals surface area contributed by atoms with E-state index in [1.807, 2.05) is 36.1 Å². The molecule has 1 aromatic heterocycles. The van der Waals surface area contributed by atoms with Gasteiger partial charge in [-0.25, -0.2) is 0 Å². The lowest BCUT2D eigenvalue weighted by Crippen LogP contribution is -2.38. The molecule has 6 nitrogen and oxygen atoms in total. The standard InChI is InChI=1S/C24H27BrN4O2/c1-15-20(14-16-22-17(25)6-4-7-19(22)27-23(16)30)26-18-8-5-11-29(24(31)21(15)18)13-12-28-9-2-3-10-28/h4,6-7,14,26H,2-3,5,8-13H2,1H3,(H,27,30). The topological polar surface area (TPSA) is 68.4 Å². The number of H-pyrrole nitrogens is 1. The van der Waals surface area contributed by atoms with E-state index in [0.29, 0.717) is 5.57 Å². The van der Waals surface area contributed by atoms with Gasteiger partial charge in [-0.2, -0.15) is 0 Å². The van der Waals surface area contributed by atoms with Gasteiger partial charge >= 0.3 is 0 Å². The van der Waals surface area contributed by atoms with Crippen LogP contribution in [0.25, 0.3) is 11.6 Å². The highest BCUT2D eigenvalue weighted by molar-refractivity contribution is 9.10. The molecule has 4 heterocycles. The summed E-state index contributed by atoms with van der Waals surface area (Å²) < 4.78 is 0.879. The van der Waals surface area contributed by atoms with Gasteiger partial charge in [-0.15, -0.1) is 0 Å². The molecule has 0 saturated carbocycles. The van der Waals surface area contributed by atoms with E-state index in [0.717, 1.165) is 83.8 Å². The first kappa shape index (κ1) is 20.5. The van der Waals surface area contributed by atoms with Crippen LogP contribution in [0.2, 0.25) is 0 Å². The van der Waals surface area contributed by atoms with Gasteiger partial charge in [-0.05, 0) is 69.5 Å². The smallest absolute Gasteiger partial charge is 0.256 e. The van der Waals surface area contributed by atoms with Crippen molar-refractivity contribution in [3.05, 3.63) is 50.8 Å². The van der Waals surface area contributed by atoms with Crippen molar-refractivity contribution in [3.8, 4) is 0 Å². The molecule has 2 aromatic rings. The lowest BCUT2D eigenvalue weighted by atomic mass is 10.0. The summed E-state index contributed by atoms with van der Waals surface area (Å²) in [5, 5.41) is 2.93. The van der Waals surface area contributed by atoms with Gasteiger partial charge < -0.3 is 20.1 Å². The molecule has 1 aromatic carbocycles. The van der Waals surface area contributed by atoms with Crippen LogP contribution in [-0.2, 0) is 11.2 Å². The van der Waals surface area contributed by atoms with E-state index in [9.17, 15) is 9.59 Å². The Kier molecular flexibility index (Phi) is 5.48. The number of anilines is 1. The number of halogens is 1. The van der Waals surface area contributed by atoms with Gasteiger partial charge in [0.05, 0.1) is 16.8 Å². The molecule has 0 unspecified atom stereocenters. The average Bonchev–Trinajstić information content (AvgIpc) is 3.42. The number of benzene rings is 1. The van der Waals surface area contributed by atoms with Crippen LogP contribution in [0.3, 0.4) is 0 Å². The number of aryl methyl sites for hydroxylation is 1. The fraction of sp³-hybridized carbons (Fsp3) is 0.417. The molecule has 162 valence electrons. The minimum absolute atomic E-state index is 0.113. The van der Waals surface area contributed by atoms with Crippen LogP contribution in [0, 0.1) is 6.92 Å². The molecule has 0 radical (unpaired) electrons. The summed E-state index contributed by atoms with van der Waals surface area (Å²) in [5.41, 5.74) is 5.83. The quantitative estimate of drug-likeness (QED) is 0.645. The predicted molar refractivity (Wildman–Crippen MR) is 126 cm³/mol. The van der Waals surface area contributed by atoms with Crippen molar-refractivity contribution >= 4 is 45.1 Å². The average molecular weight is 483 g/mol. The van der Waals surface area contributed by atoms with Crippen molar-refractivity contribution in [2.45, 2.75) is 32.6 Å². The highest BCUT2D eigenvalue weighted by atomic mass is 79.9. The molecule has 31 heavy (non-hydrogen) atoms. The number of carbonyl (C=O) groups is 2. The molecule has 2 amide bonds. The number of nitrogens with one attached hydrogen (secondary N) is 2. The van der Waals surface area contributed by atoms with E-state index < -0.39 is 0 Å². The van der Waals surface area contributed by atoms with Gasteiger partial charge in [0.15, 0.2) is 0 Å². The minimum Gasteiger partial charge on any atom is -0.358 e. The molecule has 1 fully saturated rings. The molecular weight excluding hydrogens is 456 g/mol. The van der Waals surface area contributed by atoms with E-state index in [2.05, 4.69) is 31.1 Å². The molecule has 0 spiro atoms. The molecular formula is C24H27BrN4O2. The Balaban J connectivity index is 1.45. The number of nitrogens with zero attached hydrogens (tertiary/aromatic N) is 2. The summed E-state index contributed by atoms with van der Waals surface area (Å²) in [4.78, 5) is 34.0. The second-order valence-electron chi connectivity index (χ2n) is 8.64. The third-order valence-corrected chi connectivity index (χ3v) is 7.33. The zero-order valence-electron chi connectivity index (χ0n) is 17.8. The maximum atomic E-state index is 13.4. The fourth-order valence-electron chi connectivity index (χ4n) is 4.98. The van der Waals surface area contributed by atoms with E-state index in [4.69, 9.17) is 0 Å². The maximum Gasteiger partial charge on any atom is 0.256 e. The lowest BCUT2D eigenvalue weighted by Gasteiger charge is -2.24. The van der Waals surface area contributed by atoms with Crippen LogP contribution in [0.15, 0.2) is 22.7 Å². The Morgan fingerprint density at radius 1 is 1.06 bits per heavy atom. The molecule has 0 atom stereocenters. The van der Waals surface area contributed by atoms with Gasteiger partial charge in [0, 0.05) is 41.1 Å². The van der Waals surface area contributed by atoms with Crippen molar-refractivity contribution in [1.82, 2.24) is 14.8 Å². The molecule has 3 aliphatic rings. The minimum atomic E-state index is -0.121. The predicted octanol–water partition coefficient (Wildman–Crippen LogP) is 4.06. The van der Waals surface area contributed by atoms with E-state index in [1.165, 1.54) is 12.8 Å². The number of likely N-dealkylation sites (tertiary alicyclic amines) is 1. The number of fused-ring (bicyclic) bond motifs is 2. The number of carbonyl (C=O) groups excluding carboxylic acids is 2. The molecule has 3 aliphatic heterocycles. The van der Waals surface area contributed by atoms with Gasteiger partial charge in [0.1, 0.15) is 0 Å². The first-order chi connectivity index (χ1) is 15.0. The number of rotatable bonds is 4. The highest BCUT2D eigenvalue weighted by Gasteiger charge is 2.30. The summed E-state index contributed by atoms with van der Waals surface area (Å²) in [6, 6.07) is 5.74. The van der Waals surface area contributed by atoms with Crippen LogP contribution in [0.4, 0.5) is 5.69 Å². The normalized spacial score (nSPS) is 20.2. The SMILES string of the molecule is Cc1c(C=C2C(=O)Nc3cccc(Br)c32)[nH]c2c1C(=O)N(CCN1CCCC1)CCC2. The molecule has 2 N–H and O–H groups in total. The van der Waals surface area contributed by atoms with E-state index in [-0.39, 0.29) is 11.8 Å². The van der Waals surface area contributed by atoms with Gasteiger partial charge in [-0.3, -0.25) is 9.59 Å². The summed E-state index contributed by atoms with van der Waals surface area (Å²) >= 11 is 3.57. The Morgan fingerprint density at radius 2 is 1.87 bits per heavy atom. The van der Waals surface area contributed by atoms with Crippen molar-refractivity contribution < 1.29 is 9.59 Å². The van der Waals surface area contributed by atoms with E-state index in [1.54, 1.807) is 0 Å². The summed E-state index contributed by atoms with van der Waals surface area (Å²) in [7, 11) is 0. The lowest BCUT2D eigenvalue weighted by molar-refractivity contribution is -0.110. The Bertz CT molecular complexity index is 1080. The molecule has 1 saturated heterocycles. The molecule has 5 rings (SSSR count). The highest BCUT2D eigenvalue weighted by Crippen LogP contribution is 2.39. The third-order valence-electron chi connectivity index (χ3n) is 6.67. The van der Waals surface area contributed by atoms with Crippen LogP contribution < -0.4 is 5.32 Å². The number of aromatic nitrogens is 1. The van der Waals surface area contributed by atoms with Crippen molar-refractivity contribution in [3.63, 3.8) is 0 Å². The monoisotopic (exact) mass is 482 g/mol. The summed E-state index contributed by atoms with van der Waals surface area (Å²) in [6.07, 6.45) is 6.21. The number of hydrogen-bond donors (Lipinski definition) is 2. The van der Waals surface area contributed by atoms with Crippen molar-refractivity contribution in [1.29, 1.82) is 0 Å².